The number of hydrogen-bond donors (Lipinski definition) is 1. The van der Waals surface area contributed by atoms with Crippen molar-refractivity contribution in [1.29, 1.82) is 0 Å². The number of piperidine rings is 1. The second-order valence-electron chi connectivity index (χ2n) is 5.95. The quantitative estimate of drug-likeness (QED) is 0.709. The molecule has 3 fully saturated rings. The van der Waals surface area contributed by atoms with Crippen LogP contribution in [0.5, 0.6) is 0 Å². The maximum atomic E-state index is 3.46. The van der Waals surface area contributed by atoms with Gasteiger partial charge in [-0.3, -0.25) is 4.90 Å². The number of rotatable bonds is 1. The lowest BCUT2D eigenvalue weighted by Crippen LogP contribution is -2.61. The van der Waals surface area contributed by atoms with E-state index < -0.39 is 0 Å². The van der Waals surface area contributed by atoms with Gasteiger partial charge in [-0.15, -0.1) is 0 Å². The normalized spacial score (nSPS) is 32.8. The van der Waals surface area contributed by atoms with E-state index in [9.17, 15) is 0 Å². The van der Waals surface area contributed by atoms with E-state index in [-0.39, 0.29) is 0 Å². The van der Waals surface area contributed by atoms with Crippen LogP contribution in [-0.4, -0.2) is 37.1 Å². The predicted molar refractivity (Wildman–Crippen MR) is 63.0 cm³/mol. The second-order valence-corrected chi connectivity index (χ2v) is 5.95. The molecule has 0 amide bonds. The first-order valence-corrected chi connectivity index (χ1v) is 6.83. The fourth-order valence-corrected chi connectivity index (χ4v) is 3.86. The van der Waals surface area contributed by atoms with Crippen LogP contribution in [0.3, 0.4) is 0 Å². The lowest BCUT2D eigenvalue weighted by molar-refractivity contribution is -0.0611. The highest BCUT2D eigenvalue weighted by molar-refractivity contribution is 4.99. The van der Waals surface area contributed by atoms with Crippen LogP contribution in [0.4, 0.5) is 0 Å². The minimum Gasteiger partial charge on any atom is -0.317 e. The van der Waals surface area contributed by atoms with Crippen molar-refractivity contribution in [3.63, 3.8) is 0 Å². The highest BCUT2D eigenvalue weighted by Crippen LogP contribution is 2.45. The average Bonchev–Trinajstić information content (AvgIpc) is 2.28. The molecule has 2 saturated heterocycles. The summed E-state index contributed by atoms with van der Waals surface area (Å²) in [6, 6.07) is 0.916. The molecule has 3 aliphatic rings. The molecule has 2 heteroatoms. The smallest absolute Gasteiger partial charge is 0.0120 e. The van der Waals surface area contributed by atoms with E-state index >= 15 is 0 Å². The Labute approximate surface area is 93.4 Å². The van der Waals surface area contributed by atoms with Crippen LogP contribution in [0.2, 0.25) is 0 Å². The van der Waals surface area contributed by atoms with Gasteiger partial charge in [0.15, 0.2) is 0 Å². The van der Waals surface area contributed by atoms with Crippen molar-refractivity contribution in [2.24, 2.45) is 5.41 Å². The zero-order chi connectivity index (χ0) is 10.1. The Morgan fingerprint density at radius 1 is 0.933 bits per heavy atom. The van der Waals surface area contributed by atoms with Gasteiger partial charge >= 0.3 is 0 Å². The molecular weight excluding hydrogens is 184 g/mol. The zero-order valence-electron chi connectivity index (χ0n) is 9.80. The van der Waals surface area contributed by atoms with Crippen molar-refractivity contribution in [2.45, 2.75) is 51.0 Å². The fourth-order valence-electron chi connectivity index (χ4n) is 3.86. The van der Waals surface area contributed by atoms with Gasteiger partial charge in [0.2, 0.25) is 0 Å². The van der Waals surface area contributed by atoms with Gasteiger partial charge in [-0.05, 0) is 44.2 Å². The highest BCUT2D eigenvalue weighted by Gasteiger charge is 2.45. The van der Waals surface area contributed by atoms with Crippen molar-refractivity contribution in [3.8, 4) is 0 Å². The molecule has 0 radical (unpaired) electrons. The summed E-state index contributed by atoms with van der Waals surface area (Å²) in [7, 11) is 0. The van der Waals surface area contributed by atoms with Crippen molar-refractivity contribution in [3.05, 3.63) is 0 Å². The van der Waals surface area contributed by atoms with Gasteiger partial charge in [0.25, 0.3) is 0 Å². The van der Waals surface area contributed by atoms with Crippen molar-refractivity contribution < 1.29 is 0 Å². The Morgan fingerprint density at radius 3 is 2.27 bits per heavy atom. The van der Waals surface area contributed by atoms with Crippen LogP contribution in [0, 0.1) is 5.41 Å². The molecule has 0 atom stereocenters. The molecule has 1 spiro atoms. The zero-order valence-corrected chi connectivity index (χ0v) is 9.80. The molecule has 1 saturated carbocycles. The summed E-state index contributed by atoms with van der Waals surface area (Å²) >= 11 is 0. The Hall–Kier alpha value is -0.0800. The summed E-state index contributed by atoms with van der Waals surface area (Å²) in [5.74, 6) is 0. The second kappa shape index (κ2) is 4.06. The Bertz CT molecular complexity index is 207. The first-order valence-electron chi connectivity index (χ1n) is 6.83. The first kappa shape index (κ1) is 10.1. The molecule has 2 aliphatic heterocycles. The molecule has 2 heterocycles. The van der Waals surface area contributed by atoms with Crippen LogP contribution < -0.4 is 5.32 Å². The summed E-state index contributed by atoms with van der Waals surface area (Å²) in [5.41, 5.74) is 0.781. The summed E-state index contributed by atoms with van der Waals surface area (Å²) in [4.78, 5) is 2.77. The largest absolute Gasteiger partial charge is 0.317 e. The number of nitrogens with zero attached hydrogens (tertiary/aromatic N) is 1. The van der Waals surface area contributed by atoms with Gasteiger partial charge in [-0.2, -0.15) is 0 Å². The summed E-state index contributed by atoms with van der Waals surface area (Å²) in [5, 5.41) is 3.46. The van der Waals surface area contributed by atoms with E-state index in [1.807, 2.05) is 0 Å². The van der Waals surface area contributed by atoms with E-state index in [4.69, 9.17) is 0 Å². The third-order valence-corrected chi connectivity index (χ3v) is 4.82. The molecule has 0 aromatic rings. The average molecular weight is 208 g/mol. The Kier molecular flexibility index (Phi) is 2.73. The van der Waals surface area contributed by atoms with E-state index in [1.54, 1.807) is 0 Å². The van der Waals surface area contributed by atoms with Gasteiger partial charge < -0.3 is 5.32 Å². The van der Waals surface area contributed by atoms with E-state index in [0.717, 1.165) is 11.5 Å². The number of hydrogen-bond acceptors (Lipinski definition) is 2. The molecule has 15 heavy (non-hydrogen) atoms. The first-order chi connectivity index (χ1) is 7.38. The third kappa shape index (κ3) is 1.94. The third-order valence-electron chi connectivity index (χ3n) is 4.82. The fraction of sp³-hybridized carbons (Fsp3) is 1.00. The Balaban J connectivity index is 1.51. The monoisotopic (exact) mass is 208 g/mol. The van der Waals surface area contributed by atoms with Crippen LogP contribution in [0.25, 0.3) is 0 Å². The molecule has 1 aliphatic carbocycles. The molecular formula is C13H24N2. The standard InChI is InChI=1S/C13H24N2/c1-2-6-13(7-3-1)10-15(11-13)12-4-8-14-9-5-12/h12,14H,1-11H2. The van der Waals surface area contributed by atoms with Gasteiger partial charge in [-0.25, -0.2) is 0 Å². The van der Waals surface area contributed by atoms with Crippen LogP contribution >= 0.6 is 0 Å². The van der Waals surface area contributed by atoms with Gasteiger partial charge in [-0.1, -0.05) is 19.3 Å². The topological polar surface area (TPSA) is 15.3 Å². The highest BCUT2D eigenvalue weighted by atomic mass is 15.2. The number of nitrogens with one attached hydrogen (secondary N) is 1. The summed E-state index contributed by atoms with van der Waals surface area (Å²) in [6.45, 7) is 5.34. The van der Waals surface area contributed by atoms with Crippen LogP contribution in [0.1, 0.15) is 44.9 Å². The van der Waals surface area contributed by atoms with Crippen molar-refractivity contribution >= 4 is 0 Å². The molecule has 0 bridgehead atoms. The summed E-state index contributed by atoms with van der Waals surface area (Å²) in [6.07, 6.45) is 10.3. The molecule has 3 rings (SSSR count). The molecule has 2 nitrogen and oxygen atoms in total. The minimum absolute atomic E-state index is 0.781. The lowest BCUT2D eigenvalue weighted by atomic mass is 9.68. The van der Waals surface area contributed by atoms with Gasteiger partial charge in [0, 0.05) is 19.1 Å². The SMILES string of the molecule is C1CCC2(CC1)CN(C1CCNCC1)C2. The predicted octanol–water partition coefficient (Wildman–Crippen LogP) is 2.00. The maximum absolute atomic E-state index is 3.46. The van der Waals surface area contributed by atoms with E-state index in [2.05, 4.69) is 10.2 Å². The molecule has 0 aromatic heterocycles. The van der Waals surface area contributed by atoms with Gasteiger partial charge in [0.05, 0.1) is 0 Å². The molecule has 1 N–H and O–H groups in total. The van der Waals surface area contributed by atoms with Crippen LogP contribution in [0.15, 0.2) is 0 Å². The minimum atomic E-state index is 0.781. The van der Waals surface area contributed by atoms with Crippen molar-refractivity contribution in [2.75, 3.05) is 26.2 Å². The molecule has 0 unspecified atom stereocenters. The molecule has 0 aromatic carbocycles. The maximum Gasteiger partial charge on any atom is 0.0120 e. The van der Waals surface area contributed by atoms with E-state index in [0.29, 0.717) is 0 Å². The van der Waals surface area contributed by atoms with E-state index in [1.165, 1.54) is 71.1 Å². The lowest BCUT2D eigenvalue weighted by Gasteiger charge is -2.56. The number of likely N-dealkylation sites (tertiary alicyclic amines) is 1. The summed E-state index contributed by atoms with van der Waals surface area (Å²) < 4.78 is 0. The Morgan fingerprint density at radius 2 is 1.60 bits per heavy atom. The van der Waals surface area contributed by atoms with Gasteiger partial charge in [0.1, 0.15) is 0 Å². The van der Waals surface area contributed by atoms with Crippen molar-refractivity contribution in [1.82, 2.24) is 10.2 Å². The molecule has 86 valence electrons. The van der Waals surface area contributed by atoms with Crippen LogP contribution in [-0.2, 0) is 0 Å².